The van der Waals surface area contributed by atoms with Gasteiger partial charge in [0, 0.05) is 55.5 Å². The van der Waals surface area contributed by atoms with Crippen molar-refractivity contribution in [2.75, 3.05) is 0 Å². The van der Waals surface area contributed by atoms with Crippen LogP contribution in [0.15, 0.2) is 243 Å². The minimum Gasteiger partial charge on any atom is -0.309 e. The van der Waals surface area contributed by atoms with Crippen LogP contribution in [0, 0.1) is 0 Å². The number of fused-ring (bicyclic) bond motifs is 9. The normalized spacial score (nSPS) is 12.3. The molecule has 0 bridgehead atoms. The highest BCUT2D eigenvalue weighted by Crippen LogP contribution is 2.51. The van der Waals surface area contributed by atoms with Gasteiger partial charge in [-0.15, -0.1) is 0 Å². The largest absolute Gasteiger partial charge is 0.309 e. The third kappa shape index (κ3) is 6.28. The van der Waals surface area contributed by atoms with Gasteiger partial charge in [-0.3, -0.25) is 0 Å². The Kier molecular flexibility index (Phi) is 8.89. The van der Waals surface area contributed by atoms with Crippen LogP contribution in [0.3, 0.4) is 0 Å². The van der Waals surface area contributed by atoms with Crippen LogP contribution in [0.2, 0.25) is 0 Å². The first-order valence-electron chi connectivity index (χ1n) is 23.6. The lowest BCUT2D eigenvalue weighted by Crippen LogP contribution is -2.04. The molecule has 3 heterocycles. The maximum absolute atomic E-state index is 5.17. The molecular formula is C64H41N5. The standard InChI is InChI=1S/C64H41N5/c1-3-17-42(18-4-1)62-65-63(43-19-5-2-6-20-43)67-64(66-62)44-33-37-47(56(39-44)61-53-26-9-7-21-48(53)49-22-8-10-27-54(49)61)41-31-34-45(35-32-41)68-59-30-16-13-25-52(59)55-40-46(36-38-60(55)68)69-57-28-14-11-23-50(57)51-24-12-15-29-58(51)69/h1-40,61H. The summed E-state index contributed by atoms with van der Waals surface area (Å²) in [6.07, 6.45) is 0. The van der Waals surface area contributed by atoms with E-state index < -0.39 is 0 Å². The van der Waals surface area contributed by atoms with Gasteiger partial charge in [0.2, 0.25) is 0 Å². The zero-order valence-corrected chi connectivity index (χ0v) is 37.4. The summed E-state index contributed by atoms with van der Waals surface area (Å²) in [7, 11) is 0. The minimum absolute atomic E-state index is 0.00267. The van der Waals surface area contributed by atoms with Crippen LogP contribution >= 0.6 is 0 Å². The number of benzene rings is 10. The van der Waals surface area contributed by atoms with Gasteiger partial charge >= 0.3 is 0 Å². The summed E-state index contributed by atoms with van der Waals surface area (Å²) >= 11 is 0. The first kappa shape index (κ1) is 39.0. The summed E-state index contributed by atoms with van der Waals surface area (Å²) in [4.78, 5) is 15.3. The van der Waals surface area contributed by atoms with Crippen LogP contribution in [0.1, 0.15) is 22.6 Å². The molecule has 322 valence electrons. The Morgan fingerprint density at radius 2 is 0.681 bits per heavy atom. The fourth-order valence-corrected chi connectivity index (χ4v) is 11.0. The van der Waals surface area contributed by atoms with Crippen LogP contribution in [0.4, 0.5) is 0 Å². The van der Waals surface area contributed by atoms with Crippen molar-refractivity contribution in [2.24, 2.45) is 0 Å². The van der Waals surface area contributed by atoms with E-state index in [2.05, 4.69) is 215 Å². The predicted molar refractivity (Wildman–Crippen MR) is 283 cm³/mol. The van der Waals surface area contributed by atoms with Gasteiger partial charge in [-0.2, -0.15) is 0 Å². The summed E-state index contributed by atoms with van der Waals surface area (Å²) in [6, 6.07) is 87.2. The predicted octanol–water partition coefficient (Wildman–Crippen LogP) is 15.9. The lowest BCUT2D eigenvalue weighted by atomic mass is 9.83. The molecule has 14 rings (SSSR count). The van der Waals surface area contributed by atoms with Gasteiger partial charge < -0.3 is 9.13 Å². The van der Waals surface area contributed by atoms with Crippen molar-refractivity contribution in [1.82, 2.24) is 24.1 Å². The number of aromatic nitrogens is 5. The van der Waals surface area contributed by atoms with Crippen molar-refractivity contribution in [3.05, 3.63) is 259 Å². The molecule has 0 N–H and O–H groups in total. The molecule has 0 saturated carbocycles. The van der Waals surface area contributed by atoms with Crippen LogP contribution in [-0.4, -0.2) is 24.1 Å². The van der Waals surface area contributed by atoms with Gasteiger partial charge in [-0.1, -0.05) is 188 Å². The van der Waals surface area contributed by atoms with E-state index in [4.69, 9.17) is 15.0 Å². The Morgan fingerprint density at radius 1 is 0.261 bits per heavy atom. The van der Waals surface area contributed by atoms with E-state index in [1.54, 1.807) is 0 Å². The Bertz CT molecular complexity index is 3970. The van der Waals surface area contributed by atoms with Gasteiger partial charge in [0.05, 0.1) is 22.1 Å². The van der Waals surface area contributed by atoms with Crippen LogP contribution in [0.5, 0.6) is 0 Å². The highest BCUT2D eigenvalue weighted by molar-refractivity contribution is 6.12. The zero-order chi connectivity index (χ0) is 45.4. The van der Waals surface area contributed by atoms with Crippen LogP contribution < -0.4 is 0 Å². The van der Waals surface area contributed by atoms with E-state index >= 15 is 0 Å². The van der Waals surface area contributed by atoms with Gasteiger partial charge in [-0.05, 0) is 93.5 Å². The third-order valence-corrected chi connectivity index (χ3v) is 14.1. The topological polar surface area (TPSA) is 48.5 Å². The molecule has 3 aromatic heterocycles. The number of hydrogen-bond acceptors (Lipinski definition) is 3. The summed E-state index contributed by atoms with van der Waals surface area (Å²) in [5, 5.41) is 4.96. The Labute approximate surface area is 398 Å². The molecule has 1 aliphatic rings. The molecule has 1 aliphatic carbocycles. The maximum Gasteiger partial charge on any atom is 0.164 e. The lowest BCUT2D eigenvalue weighted by Gasteiger charge is -2.21. The molecule has 69 heavy (non-hydrogen) atoms. The number of rotatable bonds is 7. The van der Waals surface area contributed by atoms with E-state index in [0.29, 0.717) is 17.5 Å². The van der Waals surface area contributed by atoms with Crippen molar-refractivity contribution in [3.8, 4) is 67.8 Å². The van der Waals surface area contributed by atoms with Gasteiger partial charge in [0.25, 0.3) is 0 Å². The molecule has 0 spiro atoms. The maximum atomic E-state index is 5.17. The Morgan fingerprint density at radius 3 is 1.25 bits per heavy atom. The van der Waals surface area contributed by atoms with Gasteiger partial charge in [0.1, 0.15) is 0 Å². The first-order chi connectivity index (χ1) is 34.2. The molecule has 0 radical (unpaired) electrons. The molecule has 0 amide bonds. The van der Waals surface area contributed by atoms with E-state index in [1.165, 1.54) is 77.0 Å². The van der Waals surface area contributed by atoms with Crippen molar-refractivity contribution < 1.29 is 0 Å². The number of hydrogen-bond donors (Lipinski definition) is 0. The molecule has 5 heteroatoms. The first-order valence-corrected chi connectivity index (χ1v) is 23.6. The van der Waals surface area contributed by atoms with Crippen LogP contribution in [0.25, 0.3) is 111 Å². The van der Waals surface area contributed by atoms with E-state index in [1.807, 2.05) is 36.4 Å². The second kappa shape index (κ2) is 15.7. The summed E-state index contributed by atoms with van der Waals surface area (Å²) in [6.45, 7) is 0. The highest BCUT2D eigenvalue weighted by atomic mass is 15.0. The van der Waals surface area contributed by atoms with E-state index in [0.717, 1.165) is 33.6 Å². The number of nitrogens with zero attached hydrogens (tertiary/aromatic N) is 5. The molecule has 0 aliphatic heterocycles. The average Bonchev–Trinajstić information content (AvgIpc) is 4.07. The third-order valence-electron chi connectivity index (χ3n) is 14.1. The average molecular weight is 880 g/mol. The van der Waals surface area contributed by atoms with Crippen molar-refractivity contribution >= 4 is 43.6 Å². The highest BCUT2D eigenvalue weighted by Gasteiger charge is 2.32. The quantitative estimate of drug-likeness (QED) is 0.160. The second-order valence-electron chi connectivity index (χ2n) is 17.9. The van der Waals surface area contributed by atoms with E-state index in [9.17, 15) is 0 Å². The summed E-state index contributed by atoms with van der Waals surface area (Å²) < 4.78 is 4.81. The smallest absolute Gasteiger partial charge is 0.164 e. The molecule has 13 aromatic rings. The van der Waals surface area contributed by atoms with Gasteiger partial charge in [-0.25, -0.2) is 15.0 Å². The monoisotopic (exact) mass is 879 g/mol. The molecule has 10 aromatic carbocycles. The molecule has 0 unspecified atom stereocenters. The molecule has 0 saturated heterocycles. The molecule has 0 fully saturated rings. The Balaban J connectivity index is 0.925. The van der Waals surface area contributed by atoms with E-state index in [-0.39, 0.29) is 5.92 Å². The zero-order valence-electron chi connectivity index (χ0n) is 37.4. The lowest BCUT2D eigenvalue weighted by molar-refractivity contribution is 1.01. The summed E-state index contributed by atoms with van der Waals surface area (Å²) in [5.74, 6) is 1.92. The van der Waals surface area contributed by atoms with Crippen molar-refractivity contribution in [2.45, 2.75) is 5.92 Å². The minimum atomic E-state index is -0.00267. The fraction of sp³-hybridized carbons (Fsp3) is 0.0156. The van der Waals surface area contributed by atoms with Gasteiger partial charge in [0.15, 0.2) is 17.5 Å². The fourth-order valence-electron chi connectivity index (χ4n) is 11.0. The number of para-hydroxylation sites is 3. The molecule has 0 atom stereocenters. The van der Waals surface area contributed by atoms with Crippen LogP contribution in [-0.2, 0) is 0 Å². The summed E-state index contributed by atoms with van der Waals surface area (Å²) in [5.41, 5.74) is 18.5. The van der Waals surface area contributed by atoms with Crippen molar-refractivity contribution in [3.63, 3.8) is 0 Å². The van der Waals surface area contributed by atoms with Crippen molar-refractivity contribution in [1.29, 1.82) is 0 Å². The second-order valence-corrected chi connectivity index (χ2v) is 17.9. The Hall–Kier alpha value is -9.19. The molecular weight excluding hydrogens is 839 g/mol. The SMILES string of the molecule is c1ccc(-c2nc(-c3ccccc3)nc(-c3ccc(-c4ccc(-n5c6ccccc6c6cc(-n7c8ccccc8c8ccccc87)ccc65)cc4)c(C4c5ccccc5-c5ccccc54)c3)n2)cc1. The molecule has 5 nitrogen and oxygen atoms in total.